The first-order valence-electron chi connectivity index (χ1n) is 5.76. The number of methoxy groups -OCH3 is 1. The number of pyridine rings is 1. The third kappa shape index (κ3) is 2.56. The van der Waals surface area contributed by atoms with E-state index in [0.29, 0.717) is 29.1 Å². The summed E-state index contributed by atoms with van der Waals surface area (Å²) in [6.07, 6.45) is 0. The van der Waals surface area contributed by atoms with E-state index >= 15 is 0 Å². The van der Waals surface area contributed by atoms with Gasteiger partial charge in [0.2, 0.25) is 5.88 Å². The van der Waals surface area contributed by atoms with E-state index in [4.69, 9.17) is 10.5 Å². The number of aromatic nitrogens is 3. The summed E-state index contributed by atoms with van der Waals surface area (Å²) >= 11 is 0. The number of nitrogens with two attached hydrogens (primary N) is 1. The van der Waals surface area contributed by atoms with Gasteiger partial charge in [-0.25, -0.2) is 15.0 Å². The van der Waals surface area contributed by atoms with Crippen LogP contribution in [-0.2, 0) is 0 Å². The standard InChI is InChI=1S/C13H16N4O/c1-8(2)10-7-11(14)17-13(16-10)9-5-4-6-12(15-9)18-3/h4-8H,1-3H3,(H2,14,16,17). The van der Waals surface area contributed by atoms with Crippen molar-refractivity contribution in [3.05, 3.63) is 30.0 Å². The van der Waals surface area contributed by atoms with Gasteiger partial charge in [0.05, 0.1) is 7.11 Å². The fraction of sp³-hybridized carbons (Fsp3) is 0.308. The van der Waals surface area contributed by atoms with Gasteiger partial charge in [0, 0.05) is 17.8 Å². The highest BCUT2D eigenvalue weighted by molar-refractivity contribution is 5.53. The molecule has 0 saturated carbocycles. The Morgan fingerprint density at radius 2 is 1.94 bits per heavy atom. The SMILES string of the molecule is COc1cccc(-c2nc(N)cc(C(C)C)n2)n1. The molecule has 2 rings (SSSR count). The molecule has 2 aromatic heterocycles. The molecule has 2 N–H and O–H groups in total. The van der Waals surface area contributed by atoms with Crippen LogP contribution in [0.2, 0.25) is 0 Å². The van der Waals surface area contributed by atoms with E-state index < -0.39 is 0 Å². The Morgan fingerprint density at radius 3 is 2.61 bits per heavy atom. The highest BCUT2D eigenvalue weighted by Crippen LogP contribution is 2.20. The minimum absolute atomic E-state index is 0.291. The lowest BCUT2D eigenvalue weighted by Crippen LogP contribution is -2.02. The lowest BCUT2D eigenvalue weighted by atomic mass is 10.1. The summed E-state index contributed by atoms with van der Waals surface area (Å²) in [5.41, 5.74) is 7.36. The zero-order valence-electron chi connectivity index (χ0n) is 10.7. The van der Waals surface area contributed by atoms with Crippen LogP contribution in [0.15, 0.2) is 24.3 Å². The van der Waals surface area contributed by atoms with Gasteiger partial charge < -0.3 is 10.5 Å². The molecule has 2 heterocycles. The molecule has 0 aliphatic carbocycles. The molecule has 0 fully saturated rings. The Bertz CT molecular complexity index is 554. The highest BCUT2D eigenvalue weighted by Gasteiger charge is 2.09. The molecular weight excluding hydrogens is 228 g/mol. The fourth-order valence-corrected chi connectivity index (χ4v) is 1.55. The molecule has 0 bridgehead atoms. The molecule has 2 aromatic rings. The van der Waals surface area contributed by atoms with Gasteiger partial charge in [0.25, 0.3) is 0 Å². The van der Waals surface area contributed by atoms with Crippen LogP contribution in [0.3, 0.4) is 0 Å². The Morgan fingerprint density at radius 1 is 1.17 bits per heavy atom. The van der Waals surface area contributed by atoms with Crippen molar-refractivity contribution < 1.29 is 4.74 Å². The summed E-state index contributed by atoms with van der Waals surface area (Å²) in [5.74, 6) is 1.80. The number of anilines is 1. The van der Waals surface area contributed by atoms with Crippen molar-refractivity contribution >= 4 is 5.82 Å². The predicted molar refractivity (Wildman–Crippen MR) is 70.3 cm³/mol. The molecule has 0 aliphatic heterocycles. The second-order valence-corrected chi connectivity index (χ2v) is 4.26. The molecule has 94 valence electrons. The molecule has 5 heteroatoms. The van der Waals surface area contributed by atoms with Crippen molar-refractivity contribution in [3.8, 4) is 17.4 Å². The molecule has 0 radical (unpaired) electrons. The third-order valence-electron chi connectivity index (χ3n) is 2.52. The van der Waals surface area contributed by atoms with E-state index in [9.17, 15) is 0 Å². The molecule has 0 amide bonds. The molecule has 0 spiro atoms. The topological polar surface area (TPSA) is 73.9 Å². The first-order chi connectivity index (χ1) is 8.60. The van der Waals surface area contributed by atoms with Crippen molar-refractivity contribution in [1.82, 2.24) is 15.0 Å². The van der Waals surface area contributed by atoms with Crippen LogP contribution >= 0.6 is 0 Å². The third-order valence-corrected chi connectivity index (χ3v) is 2.52. The molecule has 0 unspecified atom stereocenters. The van der Waals surface area contributed by atoms with Gasteiger partial charge in [0.1, 0.15) is 11.5 Å². The summed E-state index contributed by atoms with van der Waals surface area (Å²) in [4.78, 5) is 13.0. The van der Waals surface area contributed by atoms with Gasteiger partial charge in [-0.2, -0.15) is 0 Å². The molecule has 0 saturated heterocycles. The van der Waals surface area contributed by atoms with Crippen molar-refractivity contribution in [3.63, 3.8) is 0 Å². The molecule has 0 aromatic carbocycles. The van der Waals surface area contributed by atoms with E-state index in [1.807, 2.05) is 12.1 Å². The van der Waals surface area contributed by atoms with E-state index in [1.165, 1.54) is 0 Å². The minimum Gasteiger partial charge on any atom is -0.481 e. The lowest BCUT2D eigenvalue weighted by molar-refractivity contribution is 0.398. The number of ether oxygens (including phenoxy) is 1. The fourth-order valence-electron chi connectivity index (χ4n) is 1.55. The quantitative estimate of drug-likeness (QED) is 0.896. The lowest BCUT2D eigenvalue weighted by Gasteiger charge is -2.08. The van der Waals surface area contributed by atoms with Gasteiger partial charge in [-0.3, -0.25) is 0 Å². The van der Waals surface area contributed by atoms with Gasteiger partial charge >= 0.3 is 0 Å². The number of hydrogen-bond acceptors (Lipinski definition) is 5. The molecule has 18 heavy (non-hydrogen) atoms. The maximum atomic E-state index is 5.79. The second kappa shape index (κ2) is 5.00. The monoisotopic (exact) mass is 244 g/mol. The average Bonchev–Trinajstić information content (AvgIpc) is 2.38. The van der Waals surface area contributed by atoms with Crippen molar-refractivity contribution in [1.29, 1.82) is 0 Å². The van der Waals surface area contributed by atoms with Crippen LogP contribution in [0.5, 0.6) is 5.88 Å². The minimum atomic E-state index is 0.291. The average molecular weight is 244 g/mol. The van der Waals surface area contributed by atoms with Crippen molar-refractivity contribution in [2.75, 3.05) is 12.8 Å². The summed E-state index contributed by atoms with van der Waals surface area (Å²) in [7, 11) is 1.58. The van der Waals surface area contributed by atoms with Crippen LogP contribution in [0, 0.1) is 0 Å². The summed E-state index contributed by atoms with van der Waals surface area (Å²) in [5, 5.41) is 0. The Kier molecular flexibility index (Phi) is 3.41. The zero-order chi connectivity index (χ0) is 13.1. The predicted octanol–water partition coefficient (Wildman–Crippen LogP) is 2.25. The number of nitrogen functional groups attached to an aromatic ring is 1. The highest BCUT2D eigenvalue weighted by atomic mass is 16.5. The summed E-state index contributed by atoms with van der Waals surface area (Å²) in [6, 6.07) is 7.25. The van der Waals surface area contributed by atoms with Crippen LogP contribution in [0.4, 0.5) is 5.82 Å². The van der Waals surface area contributed by atoms with Gasteiger partial charge in [-0.15, -0.1) is 0 Å². The van der Waals surface area contributed by atoms with E-state index in [2.05, 4.69) is 28.8 Å². The van der Waals surface area contributed by atoms with E-state index in [1.54, 1.807) is 19.2 Å². The molecule has 0 aliphatic rings. The number of rotatable bonds is 3. The normalized spacial score (nSPS) is 10.7. The largest absolute Gasteiger partial charge is 0.481 e. The van der Waals surface area contributed by atoms with Crippen molar-refractivity contribution in [2.45, 2.75) is 19.8 Å². The maximum absolute atomic E-state index is 5.79. The van der Waals surface area contributed by atoms with E-state index in [0.717, 1.165) is 5.69 Å². The number of nitrogens with zero attached hydrogens (tertiary/aromatic N) is 3. The molecule has 5 nitrogen and oxygen atoms in total. The molecule has 0 atom stereocenters. The smallest absolute Gasteiger partial charge is 0.213 e. The summed E-state index contributed by atoms with van der Waals surface area (Å²) < 4.78 is 5.09. The van der Waals surface area contributed by atoms with Gasteiger partial charge in [-0.1, -0.05) is 19.9 Å². The Labute approximate surface area is 106 Å². The first kappa shape index (κ1) is 12.3. The van der Waals surface area contributed by atoms with Gasteiger partial charge in [0.15, 0.2) is 5.82 Å². The maximum Gasteiger partial charge on any atom is 0.213 e. The van der Waals surface area contributed by atoms with Crippen LogP contribution in [0.1, 0.15) is 25.5 Å². The van der Waals surface area contributed by atoms with Crippen LogP contribution in [0.25, 0.3) is 11.5 Å². The van der Waals surface area contributed by atoms with Crippen LogP contribution in [-0.4, -0.2) is 22.1 Å². The van der Waals surface area contributed by atoms with Crippen LogP contribution < -0.4 is 10.5 Å². The Hall–Kier alpha value is -2.17. The summed E-state index contributed by atoms with van der Waals surface area (Å²) in [6.45, 7) is 4.12. The first-order valence-corrected chi connectivity index (χ1v) is 5.76. The number of hydrogen-bond donors (Lipinski definition) is 1. The second-order valence-electron chi connectivity index (χ2n) is 4.26. The Balaban J connectivity index is 2.49. The zero-order valence-corrected chi connectivity index (χ0v) is 10.7. The van der Waals surface area contributed by atoms with E-state index in [-0.39, 0.29) is 0 Å². The van der Waals surface area contributed by atoms with Crippen molar-refractivity contribution in [2.24, 2.45) is 0 Å². The van der Waals surface area contributed by atoms with Gasteiger partial charge in [-0.05, 0) is 12.0 Å². The molecular formula is C13H16N4O.